The maximum atomic E-state index is 12.7. The molecule has 0 radical (unpaired) electrons. The fraction of sp³-hybridized carbons (Fsp3) is 0.381. The summed E-state index contributed by atoms with van der Waals surface area (Å²) in [5, 5.41) is 3.08. The molecule has 27 heavy (non-hydrogen) atoms. The molecule has 1 unspecified atom stereocenters. The molecule has 2 aromatic rings. The summed E-state index contributed by atoms with van der Waals surface area (Å²) in [5.41, 5.74) is 2.12. The van der Waals surface area contributed by atoms with Crippen molar-refractivity contribution in [3.63, 3.8) is 0 Å². The third kappa shape index (κ3) is 4.06. The monoisotopic (exact) mass is 385 g/mol. The molecule has 2 aliphatic rings. The molecule has 2 atom stereocenters. The minimum absolute atomic E-state index is 0.0657. The fourth-order valence-electron chi connectivity index (χ4n) is 3.95. The van der Waals surface area contributed by atoms with E-state index in [0.717, 1.165) is 41.5 Å². The molecule has 6 heteroatoms. The Hall–Kier alpha value is -2.18. The number of carbonyl (C=O) groups excluding carboxylic acids is 1. The van der Waals surface area contributed by atoms with E-state index in [4.69, 9.17) is 9.47 Å². The second-order valence-electron chi connectivity index (χ2n) is 6.93. The molecular weight excluding hydrogens is 360 g/mol. The summed E-state index contributed by atoms with van der Waals surface area (Å²) in [6.45, 7) is 2.68. The molecule has 4 rings (SSSR count). The smallest absolute Gasteiger partial charge is 0.279 e. The molecule has 142 valence electrons. The van der Waals surface area contributed by atoms with Crippen LogP contribution in [0.15, 0.2) is 47.4 Å². The zero-order valence-corrected chi connectivity index (χ0v) is 16.3. The third-order valence-corrected chi connectivity index (χ3v) is 6.02. The van der Waals surface area contributed by atoms with Gasteiger partial charge in [-0.2, -0.15) is 0 Å². The maximum absolute atomic E-state index is 12.7. The highest BCUT2D eigenvalue weighted by atomic mass is 32.2. The maximum Gasteiger partial charge on any atom is 0.279 e. The van der Waals surface area contributed by atoms with Gasteiger partial charge in [-0.15, -0.1) is 11.8 Å². The summed E-state index contributed by atoms with van der Waals surface area (Å²) in [6.07, 6.45) is 4.24. The lowest BCUT2D eigenvalue weighted by Crippen LogP contribution is -3.11. The van der Waals surface area contributed by atoms with Crippen LogP contribution in [0.2, 0.25) is 0 Å². The van der Waals surface area contributed by atoms with E-state index in [0.29, 0.717) is 25.8 Å². The highest BCUT2D eigenvalue weighted by molar-refractivity contribution is 7.98. The molecule has 0 saturated carbocycles. The highest BCUT2D eigenvalue weighted by Gasteiger charge is 2.32. The summed E-state index contributed by atoms with van der Waals surface area (Å²) >= 11 is 1.64. The first kappa shape index (κ1) is 18.2. The number of hydrogen-bond acceptors (Lipinski definition) is 4. The van der Waals surface area contributed by atoms with Crippen molar-refractivity contribution in [1.82, 2.24) is 0 Å². The number of nitrogens with one attached hydrogen (secondary N) is 2. The number of rotatable bonds is 5. The number of quaternary nitrogens is 1. The number of benzene rings is 2. The minimum atomic E-state index is 0.0657. The van der Waals surface area contributed by atoms with E-state index in [1.807, 2.05) is 36.6 Å². The molecule has 0 aliphatic carbocycles. The van der Waals surface area contributed by atoms with Crippen LogP contribution in [0.25, 0.3) is 0 Å². The molecule has 1 amide bonds. The van der Waals surface area contributed by atoms with Gasteiger partial charge in [-0.05, 0) is 36.6 Å². The Morgan fingerprint density at radius 1 is 1.19 bits per heavy atom. The van der Waals surface area contributed by atoms with Crippen molar-refractivity contribution >= 4 is 23.4 Å². The Labute approximate surface area is 164 Å². The molecule has 1 fully saturated rings. The van der Waals surface area contributed by atoms with Crippen molar-refractivity contribution in [3.8, 4) is 11.5 Å². The molecule has 2 N–H and O–H groups in total. The van der Waals surface area contributed by atoms with Crippen molar-refractivity contribution < 1.29 is 19.2 Å². The number of amides is 1. The summed E-state index contributed by atoms with van der Waals surface area (Å²) in [5.74, 6) is 1.70. The van der Waals surface area contributed by atoms with Gasteiger partial charge in [-0.25, -0.2) is 0 Å². The molecule has 0 bridgehead atoms. The van der Waals surface area contributed by atoms with E-state index in [2.05, 4.69) is 17.4 Å². The van der Waals surface area contributed by atoms with Gasteiger partial charge in [-0.3, -0.25) is 4.79 Å². The van der Waals surface area contributed by atoms with Gasteiger partial charge in [0.2, 0.25) is 0 Å². The van der Waals surface area contributed by atoms with Crippen LogP contribution in [0.1, 0.15) is 24.4 Å². The topological polar surface area (TPSA) is 52.0 Å². The SMILES string of the molecule is CSc1ccccc1NC(=O)C[NH+]1CCC[C@H]1c1ccc2c(c1)OCCO2. The van der Waals surface area contributed by atoms with Gasteiger partial charge < -0.3 is 19.7 Å². The second kappa shape index (κ2) is 8.23. The van der Waals surface area contributed by atoms with E-state index < -0.39 is 0 Å². The first-order chi connectivity index (χ1) is 13.2. The first-order valence-electron chi connectivity index (χ1n) is 9.41. The van der Waals surface area contributed by atoms with Gasteiger partial charge in [0.25, 0.3) is 5.91 Å². The van der Waals surface area contributed by atoms with E-state index >= 15 is 0 Å². The average molecular weight is 386 g/mol. The Morgan fingerprint density at radius 3 is 2.85 bits per heavy atom. The predicted octanol–water partition coefficient (Wildman–Crippen LogP) is 2.54. The molecule has 2 aliphatic heterocycles. The van der Waals surface area contributed by atoms with E-state index in [1.54, 1.807) is 11.8 Å². The van der Waals surface area contributed by atoms with Gasteiger partial charge in [-0.1, -0.05) is 12.1 Å². The zero-order valence-electron chi connectivity index (χ0n) is 15.5. The third-order valence-electron chi connectivity index (χ3n) is 5.22. The first-order valence-corrected chi connectivity index (χ1v) is 10.6. The van der Waals surface area contributed by atoms with Crippen LogP contribution in [0.5, 0.6) is 11.5 Å². The van der Waals surface area contributed by atoms with E-state index in [-0.39, 0.29) is 5.91 Å². The number of carbonyl (C=O) groups is 1. The van der Waals surface area contributed by atoms with Gasteiger partial charge in [0.15, 0.2) is 18.0 Å². The molecule has 2 heterocycles. The van der Waals surface area contributed by atoms with Crippen LogP contribution in [0, 0.1) is 0 Å². The van der Waals surface area contributed by atoms with Crippen LogP contribution in [-0.4, -0.2) is 38.5 Å². The number of para-hydroxylation sites is 1. The lowest BCUT2D eigenvalue weighted by Gasteiger charge is -2.24. The van der Waals surface area contributed by atoms with Crippen molar-refractivity contribution in [1.29, 1.82) is 0 Å². The number of likely N-dealkylation sites (tertiary alicyclic amines) is 1. The molecule has 0 spiro atoms. The molecule has 2 aromatic carbocycles. The fourth-order valence-corrected chi connectivity index (χ4v) is 4.50. The van der Waals surface area contributed by atoms with Crippen molar-refractivity contribution in [2.75, 3.05) is 37.9 Å². The quantitative estimate of drug-likeness (QED) is 0.777. The highest BCUT2D eigenvalue weighted by Crippen LogP contribution is 2.33. The van der Waals surface area contributed by atoms with Gasteiger partial charge in [0, 0.05) is 23.3 Å². The summed E-state index contributed by atoms with van der Waals surface area (Å²) in [7, 11) is 0. The number of fused-ring (bicyclic) bond motifs is 1. The molecular formula is C21H25N2O3S+. The van der Waals surface area contributed by atoms with E-state index in [1.165, 1.54) is 10.5 Å². The summed E-state index contributed by atoms with van der Waals surface area (Å²) in [6, 6.07) is 14.5. The van der Waals surface area contributed by atoms with Crippen LogP contribution in [-0.2, 0) is 4.79 Å². The Balaban J connectivity index is 1.45. The van der Waals surface area contributed by atoms with Crippen molar-refractivity contribution in [2.24, 2.45) is 0 Å². The van der Waals surface area contributed by atoms with Gasteiger partial charge in [0.1, 0.15) is 19.3 Å². The van der Waals surface area contributed by atoms with Crippen LogP contribution in [0.3, 0.4) is 0 Å². The zero-order chi connectivity index (χ0) is 18.6. The van der Waals surface area contributed by atoms with Crippen LogP contribution >= 0.6 is 11.8 Å². The Kier molecular flexibility index (Phi) is 5.55. The summed E-state index contributed by atoms with van der Waals surface area (Å²) in [4.78, 5) is 15.1. The Morgan fingerprint density at radius 2 is 2.00 bits per heavy atom. The van der Waals surface area contributed by atoms with Gasteiger partial charge >= 0.3 is 0 Å². The normalized spacial score (nSPS) is 21.1. The number of thioether (sulfide) groups is 1. The standard InChI is InChI=1S/C21H24N2O3S/c1-27-20-7-3-2-5-16(20)22-21(24)14-23-10-4-6-17(23)15-8-9-18-19(13-15)26-12-11-25-18/h2-3,5,7-9,13,17H,4,6,10-12,14H2,1H3,(H,22,24)/p+1/t17-/m0/s1. The van der Waals surface area contributed by atoms with Crippen LogP contribution < -0.4 is 19.7 Å². The molecule has 5 nitrogen and oxygen atoms in total. The molecule has 0 aromatic heterocycles. The van der Waals surface area contributed by atoms with Crippen molar-refractivity contribution in [3.05, 3.63) is 48.0 Å². The largest absolute Gasteiger partial charge is 0.486 e. The lowest BCUT2D eigenvalue weighted by molar-refractivity contribution is -0.910. The number of ether oxygens (including phenoxy) is 2. The van der Waals surface area contributed by atoms with Crippen molar-refractivity contribution in [2.45, 2.75) is 23.8 Å². The number of hydrogen-bond donors (Lipinski definition) is 2. The number of anilines is 1. The minimum Gasteiger partial charge on any atom is -0.486 e. The average Bonchev–Trinajstić information content (AvgIpc) is 3.16. The predicted molar refractivity (Wildman–Crippen MR) is 107 cm³/mol. The van der Waals surface area contributed by atoms with Gasteiger partial charge in [0.05, 0.1) is 12.2 Å². The second-order valence-corrected chi connectivity index (χ2v) is 7.78. The lowest BCUT2D eigenvalue weighted by atomic mass is 10.0. The molecule has 1 saturated heterocycles. The Bertz CT molecular complexity index is 827. The van der Waals surface area contributed by atoms with Crippen LogP contribution in [0.4, 0.5) is 5.69 Å². The summed E-state index contributed by atoms with van der Waals surface area (Å²) < 4.78 is 11.4. The van der Waals surface area contributed by atoms with E-state index in [9.17, 15) is 4.79 Å².